The van der Waals surface area contributed by atoms with E-state index in [1.165, 1.54) is 0 Å². The van der Waals surface area contributed by atoms with Gasteiger partial charge < -0.3 is 4.57 Å². The van der Waals surface area contributed by atoms with Crippen LogP contribution in [0.3, 0.4) is 0 Å². The van der Waals surface area contributed by atoms with E-state index in [4.69, 9.17) is 16.9 Å². The molecule has 0 bridgehead atoms. The number of nitriles is 1. The second kappa shape index (κ2) is 4.86. The molecule has 3 nitrogen and oxygen atoms in total. The van der Waals surface area contributed by atoms with Crippen molar-refractivity contribution in [1.82, 2.24) is 4.57 Å². The van der Waals surface area contributed by atoms with Gasteiger partial charge in [-0.05, 0) is 36.4 Å². The van der Waals surface area contributed by atoms with Crippen LogP contribution in [-0.2, 0) is 6.54 Å². The van der Waals surface area contributed by atoms with Crippen molar-refractivity contribution in [2.75, 3.05) is 0 Å². The van der Waals surface area contributed by atoms with Crippen LogP contribution >= 0.6 is 11.6 Å². The zero-order valence-corrected chi connectivity index (χ0v) is 9.69. The highest BCUT2D eigenvalue weighted by Crippen LogP contribution is 2.11. The minimum Gasteiger partial charge on any atom is -0.332 e. The fourth-order valence-electron chi connectivity index (χ4n) is 1.54. The summed E-state index contributed by atoms with van der Waals surface area (Å²) in [6.07, 6.45) is 1.71. The number of rotatable bonds is 3. The lowest BCUT2D eigenvalue weighted by atomic mass is 10.1. The maximum Gasteiger partial charge on any atom is 0.182 e. The van der Waals surface area contributed by atoms with E-state index in [1.54, 1.807) is 47.2 Å². The molecular weight excluding hydrogens is 236 g/mol. The highest BCUT2D eigenvalue weighted by Gasteiger charge is 2.08. The lowest BCUT2D eigenvalue weighted by molar-refractivity contribution is 0.0972. The molecule has 0 amide bonds. The summed E-state index contributed by atoms with van der Waals surface area (Å²) in [6, 6.07) is 12.2. The number of nitrogens with zero attached hydrogens (tertiary/aromatic N) is 2. The number of halogens is 1. The minimum atomic E-state index is -0.0469. The predicted octanol–water partition coefficient (Wildman–Crippen LogP) is 2.90. The van der Waals surface area contributed by atoms with E-state index in [-0.39, 0.29) is 12.3 Å². The molecule has 17 heavy (non-hydrogen) atoms. The van der Waals surface area contributed by atoms with E-state index in [1.807, 2.05) is 6.07 Å². The third-order valence-corrected chi connectivity index (χ3v) is 2.68. The first-order valence-corrected chi connectivity index (χ1v) is 5.42. The van der Waals surface area contributed by atoms with Crippen molar-refractivity contribution in [3.8, 4) is 6.07 Å². The Balaban J connectivity index is 2.18. The Morgan fingerprint density at radius 1 is 1.29 bits per heavy atom. The molecule has 0 N–H and O–H groups in total. The first-order valence-electron chi connectivity index (χ1n) is 5.05. The van der Waals surface area contributed by atoms with Gasteiger partial charge >= 0.3 is 0 Å². The molecule has 0 spiro atoms. The number of ketones is 1. The highest BCUT2D eigenvalue weighted by atomic mass is 35.5. The SMILES string of the molecule is N#Cc1cccn1CC(=O)c1ccc(Cl)cc1. The summed E-state index contributed by atoms with van der Waals surface area (Å²) in [7, 11) is 0. The van der Waals surface area contributed by atoms with Crippen molar-refractivity contribution in [1.29, 1.82) is 5.26 Å². The van der Waals surface area contributed by atoms with Crippen LogP contribution in [0.1, 0.15) is 16.1 Å². The number of hydrogen-bond acceptors (Lipinski definition) is 2. The summed E-state index contributed by atoms with van der Waals surface area (Å²) >= 11 is 5.75. The van der Waals surface area contributed by atoms with Gasteiger partial charge in [-0.15, -0.1) is 0 Å². The van der Waals surface area contributed by atoms with Crippen LogP contribution in [0.5, 0.6) is 0 Å². The number of carbonyl (C=O) groups excluding carboxylic acids is 1. The molecule has 4 heteroatoms. The quantitative estimate of drug-likeness (QED) is 0.780. The Morgan fingerprint density at radius 3 is 2.65 bits per heavy atom. The second-order valence-corrected chi connectivity index (χ2v) is 4.00. The van der Waals surface area contributed by atoms with Crippen molar-refractivity contribution in [3.05, 3.63) is 58.9 Å². The molecular formula is C13H9ClN2O. The topological polar surface area (TPSA) is 45.8 Å². The number of hydrogen-bond donors (Lipinski definition) is 0. The molecule has 1 heterocycles. The molecule has 2 rings (SSSR count). The summed E-state index contributed by atoms with van der Waals surface area (Å²) < 4.78 is 1.62. The number of Topliss-reactive ketones (excluding diaryl/α,β-unsaturated/α-hetero) is 1. The normalized spacial score (nSPS) is 9.88. The van der Waals surface area contributed by atoms with E-state index < -0.39 is 0 Å². The molecule has 0 saturated heterocycles. The minimum absolute atomic E-state index is 0.0469. The molecule has 1 aromatic carbocycles. The molecule has 0 atom stereocenters. The van der Waals surface area contributed by atoms with Crippen LogP contribution in [-0.4, -0.2) is 10.4 Å². The lowest BCUT2D eigenvalue weighted by Gasteiger charge is -2.04. The molecule has 1 aromatic heterocycles. The molecule has 0 radical (unpaired) electrons. The van der Waals surface area contributed by atoms with Crippen LogP contribution in [0.25, 0.3) is 0 Å². The van der Waals surface area contributed by atoms with E-state index in [9.17, 15) is 4.79 Å². The molecule has 0 aliphatic rings. The van der Waals surface area contributed by atoms with Gasteiger partial charge in [-0.2, -0.15) is 5.26 Å². The Hall–Kier alpha value is -2.05. The van der Waals surface area contributed by atoms with Gasteiger partial charge in [0.15, 0.2) is 5.78 Å². The maximum atomic E-state index is 11.9. The number of aromatic nitrogens is 1. The predicted molar refractivity (Wildman–Crippen MR) is 64.9 cm³/mol. The van der Waals surface area contributed by atoms with Gasteiger partial charge in [-0.1, -0.05) is 11.6 Å². The van der Waals surface area contributed by atoms with Gasteiger partial charge in [-0.25, -0.2) is 0 Å². The fourth-order valence-corrected chi connectivity index (χ4v) is 1.66. The Kier molecular flexibility index (Phi) is 3.27. The van der Waals surface area contributed by atoms with Gasteiger partial charge in [0.2, 0.25) is 0 Å². The molecule has 84 valence electrons. The van der Waals surface area contributed by atoms with Crippen LogP contribution in [0, 0.1) is 11.3 Å². The lowest BCUT2D eigenvalue weighted by Crippen LogP contribution is -2.10. The van der Waals surface area contributed by atoms with Gasteiger partial charge in [-0.3, -0.25) is 4.79 Å². The molecule has 0 fully saturated rings. The fraction of sp³-hybridized carbons (Fsp3) is 0.0769. The van der Waals surface area contributed by atoms with Crippen molar-refractivity contribution in [2.24, 2.45) is 0 Å². The maximum absolute atomic E-state index is 11.9. The van der Waals surface area contributed by atoms with Gasteiger partial charge in [0.1, 0.15) is 11.8 Å². The average Bonchev–Trinajstić information content (AvgIpc) is 2.77. The van der Waals surface area contributed by atoms with E-state index >= 15 is 0 Å². The first-order chi connectivity index (χ1) is 8.20. The Labute approximate surface area is 104 Å². The van der Waals surface area contributed by atoms with Gasteiger partial charge in [0, 0.05) is 16.8 Å². The Bertz CT molecular complexity index is 578. The molecule has 2 aromatic rings. The molecule has 0 saturated carbocycles. The van der Waals surface area contributed by atoms with Crippen LogP contribution < -0.4 is 0 Å². The van der Waals surface area contributed by atoms with Crippen molar-refractivity contribution in [2.45, 2.75) is 6.54 Å². The van der Waals surface area contributed by atoms with Crippen LogP contribution in [0.4, 0.5) is 0 Å². The largest absolute Gasteiger partial charge is 0.332 e. The summed E-state index contributed by atoms with van der Waals surface area (Å²) in [5.41, 5.74) is 1.07. The Morgan fingerprint density at radius 2 is 2.00 bits per heavy atom. The summed E-state index contributed by atoms with van der Waals surface area (Å²) in [6.45, 7) is 0.164. The third-order valence-electron chi connectivity index (χ3n) is 2.42. The summed E-state index contributed by atoms with van der Waals surface area (Å²) in [4.78, 5) is 11.9. The van der Waals surface area contributed by atoms with E-state index in [0.29, 0.717) is 16.3 Å². The average molecular weight is 245 g/mol. The van der Waals surface area contributed by atoms with Crippen molar-refractivity contribution < 1.29 is 4.79 Å². The molecule has 0 unspecified atom stereocenters. The standard InChI is InChI=1S/C13H9ClN2O/c14-11-5-3-10(4-6-11)13(17)9-16-7-1-2-12(16)8-15/h1-7H,9H2. The summed E-state index contributed by atoms with van der Waals surface area (Å²) in [5.74, 6) is -0.0469. The van der Waals surface area contributed by atoms with Crippen LogP contribution in [0.2, 0.25) is 5.02 Å². The van der Waals surface area contributed by atoms with Crippen molar-refractivity contribution in [3.63, 3.8) is 0 Å². The van der Waals surface area contributed by atoms with Crippen LogP contribution in [0.15, 0.2) is 42.6 Å². The van der Waals surface area contributed by atoms with Gasteiger partial charge in [0.05, 0.1) is 6.54 Å². The zero-order chi connectivity index (χ0) is 12.3. The molecule has 0 aliphatic carbocycles. The zero-order valence-electron chi connectivity index (χ0n) is 8.93. The third kappa shape index (κ3) is 2.55. The van der Waals surface area contributed by atoms with Gasteiger partial charge in [0.25, 0.3) is 0 Å². The highest BCUT2D eigenvalue weighted by molar-refractivity contribution is 6.30. The first kappa shape index (κ1) is 11.4. The number of benzene rings is 1. The second-order valence-electron chi connectivity index (χ2n) is 3.56. The van der Waals surface area contributed by atoms with E-state index in [0.717, 1.165) is 0 Å². The number of carbonyl (C=O) groups is 1. The smallest absolute Gasteiger partial charge is 0.182 e. The van der Waals surface area contributed by atoms with Crippen molar-refractivity contribution >= 4 is 17.4 Å². The molecule has 0 aliphatic heterocycles. The monoisotopic (exact) mass is 244 g/mol. The summed E-state index contributed by atoms with van der Waals surface area (Å²) in [5, 5.41) is 9.43. The van der Waals surface area contributed by atoms with E-state index in [2.05, 4.69) is 0 Å².